The Bertz CT molecular complexity index is 1170. The summed E-state index contributed by atoms with van der Waals surface area (Å²) in [7, 11) is 1.61. The van der Waals surface area contributed by atoms with E-state index in [2.05, 4.69) is 30.9 Å². The van der Waals surface area contributed by atoms with Crippen molar-refractivity contribution in [2.45, 2.75) is 57.2 Å². The minimum absolute atomic E-state index is 0.0318. The van der Waals surface area contributed by atoms with Crippen molar-refractivity contribution in [2.75, 3.05) is 19.0 Å². The van der Waals surface area contributed by atoms with Crippen molar-refractivity contribution < 1.29 is 23.4 Å². The Balaban J connectivity index is 1.27. The maximum Gasteiger partial charge on any atom is 0.408 e. The first-order valence-corrected chi connectivity index (χ1v) is 10.8. The van der Waals surface area contributed by atoms with Crippen molar-refractivity contribution in [3.63, 3.8) is 0 Å². The Morgan fingerprint density at radius 3 is 3.00 bits per heavy atom. The Hall–Kier alpha value is -3.25. The van der Waals surface area contributed by atoms with Gasteiger partial charge in [-0.3, -0.25) is 5.10 Å². The first kappa shape index (κ1) is 21.6. The summed E-state index contributed by atoms with van der Waals surface area (Å²) in [5.41, 5.74) is 2.47. The van der Waals surface area contributed by atoms with Gasteiger partial charge in [0, 0.05) is 18.7 Å². The second kappa shape index (κ2) is 8.27. The van der Waals surface area contributed by atoms with Crippen LogP contribution in [0.25, 0.3) is 5.52 Å². The number of aryl methyl sites for hydroxylation is 1. The van der Waals surface area contributed by atoms with Gasteiger partial charge in [0.2, 0.25) is 0 Å². The van der Waals surface area contributed by atoms with Gasteiger partial charge in [0.25, 0.3) is 0 Å². The average Bonchev–Trinajstić information content (AvgIpc) is 3.11. The van der Waals surface area contributed by atoms with Gasteiger partial charge in [0.15, 0.2) is 23.9 Å². The number of alkyl halides is 1. The molecule has 1 saturated heterocycles. The van der Waals surface area contributed by atoms with Gasteiger partial charge in [-0.15, -0.1) is 0 Å². The van der Waals surface area contributed by atoms with E-state index in [9.17, 15) is 9.18 Å². The van der Waals surface area contributed by atoms with Crippen LogP contribution < -0.4 is 10.6 Å². The number of ether oxygens (including phenoxy) is 3. The number of H-pyrrole nitrogens is 1. The van der Waals surface area contributed by atoms with Crippen LogP contribution in [0.5, 0.6) is 0 Å². The summed E-state index contributed by atoms with van der Waals surface area (Å²) in [5, 5.41) is 17.4. The standard InChI is InChI=1S/C21H26FN7O4/c1-11-8-29-14(6-12(28-29)9-31-3)19(23-11)24-16-7-13(26-27-16)18-17(22)15(10-32-18)33-20(30)25-21(2)4-5-21/h6-8,15,17-18H,4-5,9-10H2,1-3H3,(H,25,30)(H2,23,24,26,27)/t15-,17+,18-/m1/s1. The molecule has 0 radical (unpaired) electrons. The number of nitrogens with one attached hydrogen (secondary N) is 3. The molecule has 1 aliphatic heterocycles. The minimum atomic E-state index is -1.52. The molecule has 0 aromatic carbocycles. The molecule has 1 aliphatic carbocycles. The van der Waals surface area contributed by atoms with E-state index < -0.39 is 24.5 Å². The maximum atomic E-state index is 15.0. The number of aromatic amines is 1. The molecule has 11 nitrogen and oxygen atoms in total. The van der Waals surface area contributed by atoms with Gasteiger partial charge >= 0.3 is 6.09 Å². The van der Waals surface area contributed by atoms with E-state index in [1.807, 2.05) is 26.1 Å². The first-order chi connectivity index (χ1) is 15.8. The van der Waals surface area contributed by atoms with E-state index in [0.29, 0.717) is 23.9 Å². The van der Waals surface area contributed by atoms with E-state index in [4.69, 9.17) is 14.2 Å². The molecule has 2 fully saturated rings. The van der Waals surface area contributed by atoms with Crippen LogP contribution in [0.2, 0.25) is 0 Å². The fourth-order valence-corrected chi connectivity index (χ4v) is 3.80. The van der Waals surface area contributed by atoms with E-state index in [-0.39, 0.29) is 12.1 Å². The van der Waals surface area contributed by atoms with Gasteiger partial charge in [-0.25, -0.2) is 18.7 Å². The van der Waals surface area contributed by atoms with Crippen LogP contribution in [-0.4, -0.2) is 62.4 Å². The van der Waals surface area contributed by atoms with Crippen LogP contribution in [0.4, 0.5) is 20.8 Å². The molecule has 3 N–H and O–H groups in total. The van der Waals surface area contributed by atoms with E-state index >= 15 is 0 Å². The third-order valence-corrected chi connectivity index (χ3v) is 5.82. The maximum absolute atomic E-state index is 15.0. The Labute approximate surface area is 189 Å². The summed E-state index contributed by atoms with van der Waals surface area (Å²) in [4.78, 5) is 16.6. The number of hydrogen-bond donors (Lipinski definition) is 3. The Morgan fingerprint density at radius 2 is 2.24 bits per heavy atom. The van der Waals surface area contributed by atoms with Gasteiger partial charge < -0.3 is 24.8 Å². The second-order valence-corrected chi connectivity index (χ2v) is 8.79. The molecular formula is C21H26FN7O4. The van der Waals surface area contributed by atoms with Crippen LogP contribution in [0.3, 0.4) is 0 Å². The molecule has 12 heteroatoms. The van der Waals surface area contributed by atoms with Crippen molar-refractivity contribution in [3.05, 3.63) is 35.4 Å². The number of halogens is 1. The minimum Gasteiger partial charge on any atom is -0.441 e. The fourth-order valence-electron chi connectivity index (χ4n) is 3.80. The van der Waals surface area contributed by atoms with Gasteiger partial charge in [-0.2, -0.15) is 10.2 Å². The SMILES string of the molecule is COCc1cc2c(Nc3cc([C@H]4OC[C@@H](OC(=O)NC5(C)CC5)[C@@H]4F)[nH]n3)nc(C)cn2n1. The zero-order valence-corrected chi connectivity index (χ0v) is 18.6. The molecule has 0 unspecified atom stereocenters. The molecule has 3 atom stereocenters. The predicted octanol–water partition coefficient (Wildman–Crippen LogP) is 2.71. The molecule has 1 amide bonds. The average molecular weight is 459 g/mol. The van der Waals surface area contributed by atoms with Crippen molar-refractivity contribution in [1.82, 2.24) is 30.1 Å². The molecule has 0 spiro atoms. The van der Waals surface area contributed by atoms with E-state index in [1.165, 1.54) is 0 Å². The Morgan fingerprint density at radius 1 is 1.42 bits per heavy atom. The number of alkyl carbamates (subject to hydrolysis) is 1. The number of carbonyl (C=O) groups is 1. The highest BCUT2D eigenvalue weighted by molar-refractivity contribution is 5.72. The lowest BCUT2D eigenvalue weighted by atomic mass is 10.1. The molecule has 33 heavy (non-hydrogen) atoms. The fraction of sp³-hybridized carbons (Fsp3) is 0.524. The number of amides is 1. The van der Waals surface area contributed by atoms with Gasteiger partial charge in [0.1, 0.15) is 11.6 Å². The summed E-state index contributed by atoms with van der Waals surface area (Å²) in [6.45, 7) is 4.13. The quantitative estimate of drug-likeness (QED) is 0.492. The highest BCUT2D eigenvalue weighted by atomic mass is 19.1. The van der Waals surface area contributed by atoms with Crippen LogP contribution in [-0.2, 0) is 20.8 Å². The number of nitrogens with zero attached hydrogens (tertiary/aromatic N) is 4. The van der Waals surface area contributed by atoms with Crippen molar-refractivity contribution >= 4 is 23.2 Å². The number of aromatic nitrogens is 5. The van der Waals surface area contributed by atoms with Crippen molar-refractivity contribution in [2.24, 2.45) is 0 Å². The molecule has 3 aromatic heterocycles. The third-order valence-electron chi connectivity index (χ3n) is 5.82. The van der Waals surface area contributed by atoms with Crippen LogP contribution in [0.1, 0.15) is 43.0 Å². The lowest BCUT2D eigenvalue weighted by molar-refractivity contribution is 0.0604. The normalized spacial score (nSPS) is 23.6. The van der Waals surface area contributed by atoms with Crippen molar-refractivity contribution in [1.29, 1.82) is 0 Å². The lowest BCUT2D eigenvalue weighted by Crippen LogP contribution is -2.39. The molecule has 176 valence electrons. The number of hydrogen-bond acceptors (Lipinski definition) is 8. The topological polar surface area (TPSA) is 128 Å². The molecule has 4 heterocycles. The second-order valence-electron chi connectivity index (χ2n) is 8.79. The number of fused-ring (bicyclic) bond motifs is 1. The van der Waals surface area contributed by atoms with E-state index in [1.54, 1.807) is 17.7 Å². The Kier molecular flexibility index (Phi) is 5.41. The van der Waals surface area contributed by atoms with E-state index in [0.717, 1.165) is 29.7 Å². The van der Waals surface area contributed by atoms with Crippen LogP contribution in [0, 0.1) is 6.92 Å². The highest BCUT2D eigenvalue weighted by Gasteiger charge is 2.44. The number of anilines is 2. The molecule has 3 aromatic rings. The molecule has 5 rings (SSSR count). The molecule has 2 aliphatic rings. The van der Waals surface area contributed by atoms with Crippen LogP contribution >= 0.6 is 0 Å². The highest BCUT2D eigenvalue weighted by Crippen LogP contribution is 2.36. The smallest absolute Gasteiger partial charge is 0.408 e. The molecule has 1 saturated carbocycles. The predicted molar refractivity (Wildman–Crippen MR) is 115 cm³/mol. The van der Waals surface area contributed by atoms with Gasteiger partial charge in [-0.1, -0.05) is 0 Å². The third kappa shape index (κ3) is 4.48. The largest absolute Gasteiger partial charge is 0.441 e. The lowest BCUT2D eigenvalue weighted by Gasteiger charge is -2.17. The summed E-state index contributed by atoms with van der Waals surface area (Å²) in [6, 6.07) is 3.52. The van der Waals surface area contributed by atoms with Crippen molar-refractivity contribution in [3.8, 4) is 0 Å². The summed E-state index contributed by atoms with van der Waals surface area (Å²) in [6.07, 6.45) is -0.450. The summed E-state index contributed by atoms with van der Waals surface area (Å²) < 4.78 is 32.7. The van der Waals surface area contributed by atoms with Crippen LogP contribution in [0.15, 0.2) is 18.3 Å². The molecular weight excluding hydrogens is 433 g/mol. The monoisotopic (exact) mass is 459 g/mol. The summed E-state index contributed by atoms with van der Waals surface area (Å²) >= 11 is 0. The number of methoxy groups -OCH3 is 1. The molecule has 0 bridgehead atoms. The zero-order chi connectivity index (χ0) is 23.2. The number of carbonyl (C=O) groups excluding carboxylic acids is 1. The van der Waals surface area contributed by atoms with Gasteiger partial charge in [-0.05, 0) is 32.8 Å². The van der Waals surface area contributed by atoms with Gasteiger partial charge in [0.05, 0.1) is 36.5 Å². The zero-order valence-electron chi connectivity index (χ0n) is 18.6. The first-order valence-electron chi connectivity index (χ1n) is 10.8. The summed E-state index contributed by atoms with van der Waals surface area (Å²) in [5.74, 6) is 0.998. The number of rotatable bonds is 7.